The number of allylic oxidation sites excluding steroid dienone is 2. The number of ether oxygens (including phenoxy) is 1. The smallest absolute Gasteiger partial charge is 0.306 e. The summed E-state index contributed by atoms with van der Waals surface area (Å²) in [7, 11) is 2.02. The van der Waals surface area contributed by atoms with Gasteiger partial charge in [-0.25, -0.2) is 0 Å². The number of esters is 1. The molecule has 0 bridgehead atoms. The van der Waals surface area contributed by atoms with Crippen LogP contribution in [0.4, 0.5) is 0 Å². The third-order valence-corrected chi connectivity index (χ3v) is 3.87. The maximum Gasteiger partial charge on any atom is 0.306 e. The fourth-order valence-electron chi connectivity index (χ4n) is 2.74. The van der Waals surface area contributed by atoms with E-state index in [0.717, 1.165) is 18.9 Å². The highest BCUT2D eigenvalue weighted by atomic mass is 16.5. The van der Waals surface area contributed by atoms with Crippen LogP contribution in [0.5, 0.6) is 0 Å². The molecule has 0 spiro atoms. The zero-order valence-electron chi connectivity index (χ0n) is 12.5. The van der Waals surface area contributed by atoms with Gasteiger partial charge in [0.2, 0.25) is 0 Å². The van der Waals surface area contributed by atoms with Crippen molar-refractivity contribution in [1.82, 2.24) is 5.32 Å². The lowest BCUT2D eigenvalue weighted by atomic mass is 9.83. The summed E-state index contributed by atoms with van der Waals surface area (Å²) in [6.45, 7) is 3.48. The first-order valence-electron chi connectivity index (χ1n) is 7.74. The van der Waals surface area contributed by atoms with Gasteiger partial charge in [0.15, 0.2) is 0 Å². The van der Waals surface area contributed by atoms with E-state index >= 15 is 0 Å². The van der Waals surface area contributed by atoms with Gasteiger partial charge in [-0.05, 0) is 71.4 Å². The molecule has 0 aromatic rings. The minimum Gasteiger partial charge on any atom is -0.466 e. The molecule has 0 aromatic carbocycles. The first-order valence-corrected chi connectivity index (χ1v) is 7.74. The van der Waals surface area contributed by atoms with E-state index in [-0.39, 0.29) is 5.97 Å². The quantitative estimate of drug-likeness (QED) is 0.416. The van der Waals surface area contributed by atoms with Gasteiger partial charge in [0.25, 0.3) is 0 Å². The Morgan fingerprint density at radius 3 is 2.79 bits per heavy atom. The second-order valence-electron chi connectivity index (χ2n) is 5.40. The molecule has 1 rings (SSSR count). The van der Waals surface area contributed by atoms with Gasteiger partial charge in [-0.15, -0.1) is 0 Å². The Morgan fingerprint density at radius 2 is 2.16 bits per heavy atom. The normalized spacial score (nSPS) is 19.3. The molecule has 1 N–H and O–H groups in total. The molecule has 0 saturated heterocycles. The standard InChI is InChI=1S/C16H29NO2/c1-3-19-16(18)8-4-6-14-9-11-15(12-10-14)7-5-13-17-2/h6,15,17H,3-5,7-13H2,1-2H3. The average molecular weight is 267 g/mol. The topological polar surface area (TPSA) is 38.3 Å². The Morgan fingerprint density at radius 1 is 1.42 bits per heavy atom. The van der Waals surface area contributed by atoms with Crippen LogP contribution >= 0.6 is 0 Å². The van der Waals surface area contributed by atoms with Crippen LogP contribution < -0.4 is 5.32 Å². The Kier molecular flexibility index (Phi) is 8.55. The van der Waals surface area contributed by atoms with E-state index in [4.69, 9.17) is 4.74 Å². The van der Waals surface area contributed by atoms with Crippen LogP contribution in [-0.4, -0.2) is 26.2 Å². The molecule has 0 amide bonds. The molecule has 3 nitrogen and oxygen atoms in total. The highest BCUT2D eigenvalue weighted by Gasteiger charge is 2.15. The Hall–Kier alpha value is -0.830. The molecule has 3 heteroatoms. The lowest BCUT2D eigenvalue weighted by Crippen LogP contribution is -2.13. The fourth-order valence-corrected chi connectivity index (χ4v) is 2.74. The van der Waals surface area contributed by atoms with Gasteiger partial charge in [0, 0.05) is 6.42 Å². The summed E-state index contributed by atoms with van der Waals surface area (Å²) in [4.78, 5) is 11.2. The summed E-state index contributed by atoms with van der Waals surface area (Å²) >= 11 is 0. The van der Waals surface area contributed by atoms with Crippen molar-refractivity contribution in [2.75, 3.05) is 20.2 Å². The zero-order chi connectivity index (χ0) is 13.9. The third-order valence-electron chi connectivity index (χ3n) is 3.87. The van der Waals surface area contributed by atoms with Crippen molar-refractivity contribution < 1.29 is 9.53 Å². The Labute approximate surface area is 117 Å². The molecule has 1 aliphatic carbocycles. The maximum atomic E-state index is 11.2. The molecule has 1 aliphatic rings. The first kappa shape index (κ1) is 16.2. The number of hydrogen-bond acceptors (Lipinski definition) is 3. The van der Waals surface area contributed by atoms with Gasteiger partial charge < -0.3 is 10.1 Å². The fraction of sp³-hybridized carbons (Fsp3) is 0.812. The minimum atomic E-state index is -0.0694. The van der Waals surface area contributed by atoms with Crippen LogP contribution in [0, 0.1) is 5.92 Å². The van der Waals surface area contributed by atoms with E-state index in [1.54, 1.807) is 5.57 Å². The van der Waals surface area contributed by atoms with Crippen LogP contribution in [0.25, 0.3) is 0 Å². The van der Waals surface area contributed by atoms with E-state index in [2.05, 4.69) is 11.4 Å². The molecule has 110 valence electrons. The minimum absolute atomic E-state index is 0.0694. The predicted molar refractivity (Wildman–Crippen MR) is 79.1 cm³/mol. The van der Waals surface area contributed by atoms with Gasteiger partial charge in [-0.2, -0.15) is 0 Å². The number of carbonyl (C=O) groups is 1. The molecule has 0 aromatic heterocycles. The number of rotatable bonds is 8. The van der Waals surface area contributed by atoms with Crippen LogP contribution in [0.3, 0.4) is 0 Å². The zero-order valence-corrected chi connectivity index (χ0v) is 12.5. The van der Waals surface area contributed by atoms with Crippen LogP contribution in [0.2, 0.25) is 0 Å². The van der Waals surface area contributed by atoms with E-state index in [0.29, 0.717) is 13.0 Å². The van der Waals surface area contributed by atoms with Gasteiger partial charge in [-0.1, -0.05) is 11.6 Å². The SMILES string of the molecule is CCOC(=O)CCC=C1CCC(CCCNC)CC1. The van der Waals surface area contributed by atoms with Crippen molar-refractivity contribution >= 4 is 5.97 Å². The molecule has 0 aliphatic heterocycles. The first-order chi connectivity index (χ1) is 9.26. The molecule has 1 fully saturated rings. The number of carbonyl (C=O) groups excluding carboxylic acids is 1. The lowest BCUT2D eigenvalue weighted by molar-refractivity contribution is -0.143. The van der Waals surface area contributed by atoms with E-state index in [9.17, 15) is 4.79 Å². The summed E-state index contributed by atoms with van der Waals surface area (Å²) in [5.74, 6) is 0.843. The highest BCUT2D eigenvalue weighted by molar-refractivity contribution is 5.69. The molecule has 0 heterocycles. The number of hydrogen-bond donors (Lipinski definition) is 1. The van der Waals surface area contributed by atoms with Crippen molar-refractivity contribution in [3.63, 3.8) is 0 Å². The van der Waals surface area contributed by atoms with Gasteiger partial charge in [0.05, 0.1) is 6.61 Å². The van der Waals surface area contributed by atoms with Gasteiger partial charge in [0.1, 0.15) is 0 Å². The van der Waals surface area contributed by atoms with Gasteiger partial charge in [-0.3, -0.25) is 4.79 Å². The second kappa shape index (κ2) is 10.0. The summed E-state index contributed by atoms with van der Waals surface area (Å²) in [6.07, 6.45) is 11.4. The van der Waals surface area contributed by atoms with Crippen molar-refractivity contribution in [2.45, 2.75) is 58.3 Å². The van der Waals surface area contributed by atoms with Crippen molar-refractivity contribution in [3.8, 4) is 0 Å². The molecular weight excluding hydrogens is 238 g/mol. The van der Waals surface area contributed by atoms with Gasteiger partial charge >= 0.3 is 5.97 Å². The molecular formula is C16H29NO2. The maximum absolute atomic E-state index is 11.2. The monoisotopic (exact) mass is 267 g/mol. The summed E-state index contributed by atoms with van der Waals surface area (Å²) in [5.41, 5.74) is 1.55. The largest absolute Gasteiger partial charge is 0.466 e. The Balaban J connectivity index is 2.13. The van der Waals surface area contributed by atoms with E-state index in [1.807, 2.05) is 14.0 Å². The van der Waals surface area contributed by atoms with Crippen LogP contribution in [0.1, 0.15) is 58.3 Å². The van der Waals surface area contributed by atoms with Crippen molar-refractivity contribution in [2.24, 2.45) is 5.92 Å². The Bertz CT molecular complexity index is 276. The molecule has 1 saturated carbocycles. The average Bonchev–Trinajstić information content (AvgIpc) is 2.41. The van der Waals surface area contributed by atoms with Crippen LogP contribution in [-0.2, 0) is 9.53 Å². The third kappa shape index (κ3) is 7.36. The summed E-state index contributed by atoms with van der Waals surface area (Å²) in [6, 6.07) is 0. The van der Waals surface area contributed by atoms with Crippen molar-refractivity contribution in [1.29, 1.82) is 0 Å². The highest BCUT2D eigenvalue weighted by Crippen LogP contribution is 2.31. The second-order valence-corrected chi connectivity index (χ2v) is 5.40. The molecule has 0 unspecified atom stereocenters. The lowest BCUT2D eigenvalue weighted by Gasteiger charge is -2.24. The van der Waals surface area contributed by atoms with E-state index in [1.165, 1.54) is 38.5 Å². The molecule has 0 radical (unpaired) electrons. The van der Waals surface area contributed by atoms with E-state index < -0.39 is 0 Å². The molecule has 19 heavy (non-hydrogen) atoms. The summed E-state index contributed by atoms with van der Waals surface area (Å²) < 4.78 is 4.93. The summed E-state index contributed by atoms with van der Waals surface area (Å²) in [5, 5.41) is 3.21. The number of nitrogens with one attached hydrogen (secondary N) is 1. The van der Waals surface area contributed by atoms with Crippen LogP contribution in [0.15, 0.2) is 11.6 Å². The predicted octanol–water partition coefficient (Wildman–Crippen LogP) is 3.45. The molecule has 0 atom stereocenters. The van der Waals surface area contributed by atoms with Crippen molar-refractivity contribution in [3.05, 3.63) is 11.6 Å².